The van der Waals surface area contributed by atoms with Gasteiger partial charge in [0.1, 0.15) is 12.4 Å². The van der Waals surface area contributed by atoms with E-state index in [-0.39, 0.29) is 0 Å². The molecule has 4 nitrogen and oxygen atoms in total. The smallest absolute Gasteiger partial charge is 0.274 e. The van der Waals surface area contributed by atoms with E-state index in [4.69, 9.17) is 21.5 Å². The van der Waals surface area contributed by atoms with Crippen molar-refractivity contribution in [1.29, 1.82) is 0 Å². The average Bonchev–Trinajstić information content (AvgIpc) is 2.77. The number of nitrogens with one attached hydrogen (secondary N) is 1. The van der Waals surface area contributed by atoms with Crippen LogP contribution in [0.15, 0.2) is 66.7 Å². The number of hydrogen-bond donors (Lipinski definition) is 2. The van der Waals surface area contributed by atoms with E-state index in [0.717, 1.165) is 36.1 Å². The van der Waals surface area contributed by atoms with Gasteiger partial charge in [-0.3, -0.25) is 10.0 Å². The molecule has 0 aliphatic heterocycles. The number of amides is 1. The Morgan fingerprint density at radius 1 is 1.07 bits per heavy atom. The predicted octanol–water partition coefficient (Wildman–Crippen LogP) is 5.31. The molecule has 3 aromatic carbocycles. The van der Waals surface area contributed by atoms with Gasteiger partial charge in [-0.25, -0.2) is 5.48 Å². The highest BCUT2D eigenvalue weighted by Gasteiger charge is 2.21. The number of aryl methyl sites for hydroxylation is 1. The standard InChI is InChI=1S/C24H22ClNO3/c25-22-10-4-16(5-11-22)15-29-23-3-1-2-18(14-23)19-8-6-17-7-9-20(24(27)26-28)13-21(17)12-19/h1-5,7,9-11,13-14,19,28H,6,8,12,15H2,(H,26,27). The van der Waals surface area contributed by atoms with Crippen LogP contribution >= 0.6 is 11.6 Å². The monoisotopic (exact) mass is 407 g/mol. The van der Waals surface area contributed by atoms with Gasteiger partial charge in [-0.15, -0.1) is 0 Å². The van der Waals surface area contributed by atoms with E-state index in [1.165, 1.54) is 11.1 Å². The van der Waals surface area contributed by atoms with Crippen molar-refractivity contribution in [3.05, 3.63) is 99.6 Å². The molecule has 148 valence electrons. The van der Waals surface area contributed by atoms with E-state index in [2.05, 4.69) is 12.1 Å². The van der Waals surface area contributed by atoms with Crippen LogP contribution in [-0.2, 0) is 19.4 Å². The fraction of sp³-hybridized carbons (Fsp3) is 0.208. The number of hydroxylamine groups is 1. The average molecular weight is 408 g/mol. The molecule has 0 aromatic heterocycles. The van der Waals surface area contributed by atoms with Crippen LogP contribution in [0.25, 0.3) is 0 Å². The van der Waals surface area contributed by atoms with Gasteiger partial charge >= 0.3 is 0 Å². The molecule has 5 heteroatoms. The lowest BCUT2D eigenvalue weighted by Crippen LogP contribution is -2.20. The Bertz CT molecular complexity index is 1020. The molecule has 3 aromatic rings. The van der Waals surface area contributed by atoms with Crippen molar-refractivity contribution in [3.8, 4) is 5.75 Å². The summed E-state index contributed by atoms with van der Waals surface area (Å²) in [7, 11) is 0. The van der Waals surface area contributed by atoms with Gasteiger partial charge in [-0.05, 0) is 83.8 Å². The first-order valence-electron chi connectivity index (χ1n) is 9.66. The zero-order valence-corrected chi connectivity index (χ0v) is 16.7. The van der Waals surface area contributed by atoms with Crippen LogP contribution in [0, 0.1) is 0 Å². The van der Waals surface area contributed by atoms with Crippen LogP contribution in [0.2, 0.25) is 5.02 Å². The van der Waals surface area contributed by atoms with Gasteiger partial charge in [0.2, 0.25) is 0 Å². The quantitative estimate of drug-likeness (QED) is 0.445. The topological polar surface area (TPSA) is 58.6 Å². The van der Waals surface area contributed by atoms with Crippen LogP contribution in [0.1, 0.15) is 45.0 Å². The molecule has 0 radical (unpaired) electrons. The van der Waals surface area contributed by atoms with Crippen molar-refractivity contribution >= 4 is 17.5 Å². The summed E-state index contributed by atoms with van der Waals surface area (Å²) in [4.78, 5) is 11.7. The molecule has 0 heterocycles. The van der Waals surface area contributed by atoms with Crippen molar-refractivity contribution in [2.75, 3.05) is 0 Å². The first-order chi connectivity index (χ1) is 14.1. The Kier molecular flexibility index (Phi) is 5.84. The fourth-order valence-electron chi connectivity index (χ4n) is 3.85. The number of carbonyl (C=O) groups is 1. The predicted molar refractivity (Wildman–Crippen MR) is 113 cm³/mol. The first kappa shape index (κ1) is 19.5. The molecule has 0 fully saturated rings. The summed E-state index contributed by atoms with van der Waals surface area (Å²) in [6.07, 6.45) is 2.89. The third-order valence-corrected chi connectivity index (χ3v) is 5.70. The van der Waals surface area contributed by atoms with E-state index in [1.807, 2.05) is 48.5 Å². The summed E-state index contributed by atoms with van der Waals surface area (Å²) in [5.41, 5.74) is 6.92. The lowest BCUT2D eigenvalue weighted by Gasteiger charge is -2.25. The molecule has 1 atom stereocenters. The van der Waals surface area contributed by atoms with Crippen molar-refractivity contribution in [2.45, 2.75) is 31.8 Å². The molecule has 4 rings (SSSR count). The van der Waals surface area contributed by atoms with Crippen molar-refractivity contribution in [2.24, 2.45) is 0 Å². The molecular weight excluding hydrogens is 386 g/mol. The van der Waals surface area contributed by atoms with Crippen molar-refractivity contribution in [1.82, 2.24) is 5.48 Å². The number of benzene rings is 3. The normalized spacial score (nSPS) is 15.4. The lowest BCUT2D eigenvalue weighted by atomic mass is 9.79. The highest BCUT2D eigenvalue weighted by Crippen LogP contribution is 2.34. The van der Waals surface area contributed by atoms with Crippen LogP contribution in [0.3, 0.4) is 0 Å². The number of rotatable bonds is 5. The Morgan fingerprint density at radius 3 is 2.69 bits per heavy atom. The molecule has 29 heavy (non-hydrogen) atoms. The summed E-state index contributed by atoms with van der Waals surface area (Å²) in [6.45, 7) is 0.494. The molecule has 0 saturated heterocycles. The van der Waals surface area contributed by atoms with E-state index < -0.39 is 5.91 Å². The second kappa shape index (κ2) is 8.68. The molecular formula is C24H22ClNO3. The minimum absolute atomic E-state index is 0.369. The summed E-state index contributed by atoms with van der Waals surface area (Å²) in [6, 6.07) is 21.5. The third kappa shape index (κ3) is 4.61. The molecule has 0 spiro atoms. The number of halogens is 1. The minimum Gasteiger partial charge on any atom is -0.489 e. The highest BCUT2D eigenvalue weighted by molar-refractivity contribution is 6.30. The molecule has 0 saturated carbocycles. The Labute approximate surface area is 175 Å². The van der Waals surface area contributed by atoms with E-state index in [1.54, 1.807) is 11.5 Å². The summed E-state index contributed by atoms with van der Waals surface area (Å²) >= 11 is 5.93. The second-order valence-electron chi connectivity index (χ2n) is 7.35. The second-order valence-corrected chi connectivity index (χ2v) is 7.79. The Balaban J connectivity index is 1.47. The van der Waals surface area contributed by atoms with Gasteiger partial charge in [0.15, 0.2) is 0 Å². The maximum atomic E-state index is 11.7. The number of fused-ring (bicyclic) bond motifs is 1. The van der Waals surface area contributed by atoms with Gasteiger partial charge in [-0.1, -0.05) is 41.9 Å². The fourth-order valence-corrected chi connectivity index (χ4v) is 3.98. The summed E-state index contributed by atoms with van der Waals surface area (Å²) in [5.74, 6) is 0.734. The van der Waals surface area contributed by atoms with Crippen LogP contribution in [0.5, 0.6) is 5.75 Å². The van der Waals surface area contributed by atoms with Crippen LogP contribution in [-0.4, -0.2) is 11.1 Å². The SMILES string of the molecule is O=C(NO)c1ccc2c(c1)CC(c1cccc(OCc3ccc(Cl)cc3)c1)CC2. The summed E-state index contributed by atoms with van der Waals surface area (Å²) in [5, 5.41) is 9.59. The number of ether oxygens (including phenoxy) is 1. The molecule has 2 N–H and O–H groups in total. The molecule has 1 aliphatic rings. The zero-order chi connectivity index (χ0) is 20.2. The van der Waals surface area contributed by atoms with E-state index in [0.29, 0.717) is 23.1 Å². The Hall–Kier alpha value is -2.82. The zero-order valence-electron chi connectivity index (χ0n) is 15.9. The maximum absolute atomic E-state index is 11.7. The molecule has 1 aliphatic carbocycles. The van der Waals surface area contributed by atoms with Gasteiger partial charge in [0.05, 0.1) is 0 Å². The first-order valence-corrected chi connectivity index (χ1v) is 10.0. The van der Waals surface area contributed by atoms with Gasteiger partial charge < -0.3 is 4.74 Å². The number of carbonyl (C=O) groups excluding carboxylic acids is 1. The minimum atomic E-state index is -0.479. The highest BCUT2D eigenvalue weighted by atomic mass is 35.5. The van der Waals surface area contributed by atoms with Crippen molar-refractivity contribution < 1.29 is 14.7 Å². The maximum Gasteiger partial charge on any atom is 0.274 e. The largest absolute Gasteiger partial charge is 0.489 e. The van der Waals surface area contributed by atoms with Gasteiger partial charge in [-0.2, -0.15) is 0 Å². The summed E-state index contributed by atoms with van der Waals surface area (Å²) < 4.78 is 5.97. The van der Waals surface area contributed by atoms with Crippen LogP contribution < -0.4 is 10.2 Å². The van der Waals surface area contributed by atoms with Crippen molar-refractivity contribution in [3.63, 3.8) is 0 Å². The van der Waals surface area contributed by atoms with Crippen LogP contribution in [0.4, 0.5) is 0 Å². The van der Waals surface area contributed by atoms with E-state index >= 15 is 0 Å². The van der Waals surface area contributed by atoms with Gasteiger partial charge in [0, 0.05) is 10.6 Å². The molecule has 1 amide bonds. The number of hydrogen-bond acceptors (Lipinski definition) is 3. The lowest BCUT2D eigenvalue weighted by molar-refractivity contribution is 0.0706. The van der Waals surface area contributed by atoms with Gasteiger partial charge in [0.25, 0.3) is 5.91 Å². The Morgan fingerprint density at radius 2 is 1.90 bits per heavy atom. The van der Waals surface area contributed by atoms with E-state index in [9.17, 15) is 4.79 Å². The molecule has 0 bridgehead atoms. The third-order valence-electron chi connectivity index (χ3n) is 5.45. The molecule has 1 unspecified atom stereocenters.